The number of benzene rings is 1. The van der Waals surface area contributed by atoms with Crippen LogP contribution in [0.15, 0.2) is 18.2 Å². The molecule has 1 fully saturated rings. The highest BCUT2D eigenvalue weighted by atomic mass is 127. The second-order valence-corrected chi connectivity index (χ2v) is 7.64. The average molecular weight is 379 g/mol. The van der Waals surface area contributed by atoms with Crippen LogP contribution in [0.1, 0.15) is 24.2 Å². The van der Waals surface area contributed by atoms with Crippen molar-refractivity contribution in [3.63, 3.8) is 0 Å². The summed E-state index contributed by atoms with van der Waals surface area (Å²) in [7, 11) is 0. The largest absolute Gasteiger partial charge is 0.336 e. The normalized spacial score (nSPS) is 24.1. The molecule has 0 radical (unpaired) electrons. The zero-order valence-electron chi connectivity index (χ0n) is 10.3. The van der Waals surface area contributed by atoms with Crippen molar-refractivity contribution in [3.05, 3.63) is 33.1 Å². The summed E-state index contributed by atoms with van der Waals surface area (Å²) < 4.78 is 13.7. The van der Waals surface area contributed by atoms with Gasteiger partial charge in [0.05, 0.1) is 5.56 Å². The number of nitrogens with zero attached hydrogens (tertiary/aromatic N) is 1. The lowest BCUT2D eigenvalue weighted by Gasteiger charge is -2.34. The van der Waals surface area contributed by atoms with Crippen LogP contribution in [-0.4, -0.2) is 34.4 Å². The third-order valence-corrected chi connectivity index (χ3v) is 4.99. The van der Waals surface area contributed by atoms with E-state index in [1.54, 1.807) is 6.07 Å². The predicted molar refractivity (Wildman–Crippen MR) is 81.5 cm³/mol. The molecule has 0 aromatic heterocycles. The van der Waals surface area contributed by atoms with Gasteiger partial charge in [0.25, 0.3) is 5.91 Å². The molecule has 98 valence electrons. The van der Waals surface area contributed by atoms with Gasteiger partial charge in [0.15, 0.2) is 0 Å². The molecule has 2 unspecified atom stereocenters. The van der Waals surface area contributed by atoms with E-state index in [2.05, 4.69) is 13.8 Å². The summed E-state index contributed by atoms with van der Waals surface area (Å²) in [5.41, 5.74) is 0.600. The SMILES string of the molecule is CC1CN(C(=O)c2ccc(F)cc2I)CC(C)S1. The van der Waals surface area contributed by atoms with Crippen LogP contribution in [0.4, 0.5) is 4.39 Å². The maximum Gasteiger partial charge on any atom is 0.255 e. The van der Waals surface area contributed by atoms with Gasteiger partial charge in [-0.25, -0.2) is 4.39 Å². The molecule has 1 aliphatic rings. The molecule has 2 nitrogen and oxygen atoms in total. The summed E-state index contributed by atoms with van der Waals surface area (Å²) in [6.45, 7) is 5.80. The fraction of sp³-hybridized carbons (Fsp3) is 0.462. The predicted octanol–water partition coefficient (Wildman–Crippen LogP) is 3.40. The molecule has 0 saturated carbocycles. The van der Waals surface area contributed by atoms with Gasteiger partial charge in [0.1, 0.15) is 5.82 Å². The number of carbonyl (C=O) groups is 1. The monoisotopic (exact) mass is 379 g/mol. The molecule has 1 saturated heterocycles. The number of halogens is 2. The van der Waals surface area contributed by atoms with Crippen molar-refractivity contribution in [2.45, 2.75) is 24.3 Å². The first-order valence-electron chi connectivity index (χ1n) is 5.87. The van der Waals surface area contributed by atoms with Crippen molar-refractivity contribution in [3.8, 4) is 0 Å². The second-order valence-electron chi connectivity index (χ2n) is 4.59. The van der Waals surface area contributed by atoms with Gasteiger partial charge in [-0.05, 0) is 40.8 Å². The molecule has 0 spiro atoms. The molecular formula is C13H15FINOS. The van der Waals surface area contributed by atoms with E-state index in [1.807, 2.05) is 39.3 Å². The maximum atomic E-state index is 13.0. The number of hydrogen-bond donors (Lipinski definition) is 0. The minimum absolute atomic E-state index is 0.0124. The molecule has 0 aliphatic carbocycles. The quantitative estimate of drug-likeness (QED) is 0.698. The third-order valence-electron chi connectivity index (χ3n) is 2.87. The van der Waals surface area contributed by atoms with Crippen LogP contribution in [0.25, 0.3) is 0 Å². The summed E-state index contributed by atoms with van der Waals surface area (Å²) in [4.78, 5) is 14.3. The molecule has 1 aromatic carbocycles. The van der Waals surface area contributed by atoms with E-state index in [1.165, 1.54) is 12.1 Å². The van der Waals surface area contributed by atoms with Crippen LogP contribution in [0.3, 0.4) is 0 Å². The van der Waals surface area contributed by atoms with Gasteiger partial charge in [0.2, 0.25) is 0 Å². The first-order valence-corrected chi connectivity index (χ1v) is 7.89. The van der Waals surface area contributed by atoms with Crippen LogP contribution < -0.4 is 0 Å². The first kappa shape index (κ1) is 14.1. The van der Waals surface area contributed by atoms with Crippen molar-refractivity contribution in [1.29, 1.82) is 0 Å². The van der Waals surface area contributed by atoms with Gasteiger partial charge in [-0.2, -0.15) is 11.8 Å². The van der Waals surface area contributed by atoms with Gasteiger partial charge in [-0.1, -0.05) is 13.8 Å². The van der Waals surface area contributed by atoms with Crippen LogP contribution in [0, 0.1) is 9.39 Å². The van der Waals surface area contributed by atoms with Crippen LogP contribution in [0.5, 0.6) is 0 Å². The van der Waals surface area contributed by atoms with Crippen molar-refractivity contribution in [1.82, 2.24) is 4.90 Å². The van der Waals surface area contributed by atoms with E-state index in [0.717, 1.165) is 13.1 Å². The number of carbonyl (C=O) groups excluding carboxylic acids is 1. The molecule has 1 amide bonds. The highest BCUT2D eigenvalue weighted by Gasteiger charge is 2.27. The Labute approximate surface area is 124 Å². The lowest BCUT2D eigenvalue weighted by molar-refractivity contribution is 0.0752. The molecule has 0 N–H and O–H groups in total. The lowest BCUT2D eigenvalue weighted by Crippen LogP contribution is -2.44. The molecule has 2 rings (SSSR count). The molecule has 0 bridgehead atoms. The minimum atomic E-state index is -0.299. The molecule has 2 atom stereocenters. The van der Waals surface area contributed by atoms with Gasteiger partial charge >= 0.3 is 0 Å². The molecular weight excluding hydrogens is 364 g/mol. The van der Waals surface area contributed by atoms with E-state index in [-0.39, 0.29) is 11.7 Å². The summed E-state index contributed by atoms with van der Waals surface area (Å²) in [5.74, 6) is -0.287. The second kappa shape index (κ2) is 5.77. The fourth-order valence-electron chi connectivity index (χ4n) is 2.18. The van der Waals surface area contributed by atoms with Crippen molar-refractivity contribution < 1.29 is 9.18 Å². The summed E-state index contributed by atoms with van der Waals surface area (Å²) in [5, 5.41) is 0.909. The van der Waals surface area contributed by atoms with Crippen LogP contribution in [0.2, 0.25) is 0 Å². The van der Waals surface area contributed by atoms with Crippen LogP contribution in [-0.2, 0) is 0 Å². The van der Waals surface area contributed by atoms with Crippen molar-refractivity contribution in [2.75, 3.05) is 13.1 Å². The Bertz CT molecular complexity index is 458. The Hall–Kier alpha value is -0.300. The zero-order chi connectivity index (χ0) is 13.3. The van der Waals surface area contributed by atoms with Gasteiger partial charge in [0, 0.05) is 27.2 Å². The summed E-state index contributed by atoms with van der Waals surface area (Å²) in [6, 6.07) is 4.33. The molecule has 1 aliphatic heterocycles. The Morgan fingerprint density at radius 3 is 2.56 bits per heavy atom. The molecule has 5 heteroatoms. The fourth-order valence-corrected chi connectivity index (χ4v) is 4.21. The number of hydrogen-bond acceptors (Lipinski definition) is 2. The Morgan fingerprint density at radius 1 is 1.39 bits per heavy atom. The van der Waals surface area contributed by atoms with E-state index >= 15 is 0 Å². The highest BCUT2D eigenvalue weighted by Crippen LogP contribution is 2.26. The van der Waals surface area contributed by atoms with Crippen molar-refractivity contribution >= 4 is 40.3 Å². The smallest absolute Gasteiger partial charge is 0.255 e. The third kappa shape index (κ3) is 3.17. The standard InChI is InChI=1S/C13H15FINOS/c1-8-6-16(7-9(2)18-8)13(17)11-4-3-10(14)5-12(11)15/h3-5,8-9H,6-7H2,1-2H3. The molecule has 1 aromatic rings. The molecule has 18 heavy (non-hydrogen) atoms. The van der Waals surface area contributed by atoms with Gasteiger partial charge in [-0.15, -0.1) is 0 Å². The van der Waals surface area contributed by atoms with Crippen LogP contribution >= 0.6 is 34.4 Å². The first-order chi connectivity index (χ1) is 8.47. The summed E-state index contributed by atoms with van der Waals surface area (Å²) in [6.07, 6.45) is 0. The van der Waals surface area contributed by atoms with E-state index < -0.39 is 0 Å². The number of thioether (sulfide) groups is 1. The zero-order valence-corrected chi connectivity index (χ0v) is 13.3. The van der Waals surface area contributed by atoms with E-state index in [0.29, 0.717) is 19.6 Å². The summed E-state index contributed by atoms with van der Waals surface area (Å²) >= 11 is 3.92. The Balaban J connectivity index is 2.20. The van der Waals surface area contributed by atoms with Crippen molar-refractivity contribution in [2.24, 2.45) is 0 Å². The maximum absolute atomic E-state index is 13.0. The highest BCUT2D eigenvalue weighted by molar-refractivity contribution is 14.1. The van der Waals surface area contributed by atoms with E-state index in [4.69, 9.17) is 0 Å². The van der Waals surface area contributed by atoms with E-state index in [9.17, 15) is 9.18 Å². The van der Waals surface area contributed by atoms with Gasteiger partial charge < -0.3 is 4.90 Å². The lowest BCUT2D eigenvalue weighted by atomic mass is 10.2. The minimum Gasteiger partial charge on any atom is -0.336 e. The molecule has 1 heterocycles. The number of rotatable bonds is 1. The average Bonchev–Trinajstić information content (AvgIpc) is 2.26. The van der Waals surface area contributed by atoms with Gasteiger partial charge in [-0.3, -0.25) is 4.79 Å². The Morgan fingerprint density at radius 2 is 2.00 bits per heavy atom. The Kier molecular flexibility index (Phi) is 4.53. The topological polar surface area (TPSA) is 20.3 Å². The number of amides is 1.